The van der Waals surface area contributed by atoms with E-state index in [0.29, 0.717) is 24.4 Å². The molecule has 30 heavy (non-hydrogen) atoms. The van der Waals surface area contributed by atoms with E-state index < -0.39 is 36.6 Å². The SMILES string of the molecule is C=CCn1c(C)cc(C(=O)COC(=O)CN2C(=O)N[C@](C)(CCC(C)C)C2=O)c1C. The highest BCUT2D eigenvalue weighted by molar-refractivity contribution is 6.08. The van der Waals surface area contributed by atoms with Crippen LogP contribution in [0, 0.1) is 19.8 Å². The Labute approximate surface area is 177 Å². The van der Waals surface area contributed by atoms with E-state index in [4.69, 9.17) is 4.74 Å². The van der Waals surface area contributed by atoms with Gasteiger partial charge in [-0.05, 0) is 45.6 Å². The van der Waals surface area contributed by atoms with E-state index in [1.54, 1.807) is 19.1 Å². The summed E-state index contributed by atoms with van der Waals surface area (Å²) in [5.74, 6) is -1.22. The Morgan fingerprint density at radius 1 is 1.30 bits per heavy atom. The van der Waals surface area contributed by atoms with Crippen LogP contribution in [0.1, 0.15) is 55.4 Å². The average Bonchev–Trinajstić information content (AvgIpc) is 3.07. The number of carbonyl (C=O) groups is 4. The summed E-state index contributed by atoms with van der Waals surface area (Å²) in [6.45, 7) is 12.7. The third kappa shape index (κ3) is 4.98. The molecule has 1 aromatic heterocycles. The molecule has 0 saturated carbocycles. The van der Waals surface area contributed by atoms with Crippen LogP contribution in [0.25, 0.3) is 0 Å². The summed E-state index contributed by atoms with van der Waals surface area (Å²) in [6.07, 6.45) is 2.99. The Bertz CT molecular complexity index is 870. The van der Waals surface area contributed by atoms with Gasteiger partial charge in [0.2, 0.25) is 5.78 Å². The molecule has 164 valence electrons. The Hall–Kier alpha value is -2.90. The van der Waals surface area contributed by atoms with Gasteiger partial charge in [-0.3, -0.25) is 19.3 Å². The largest absolute Gasteiger partial charge is 0.456 e. The number of urea groups is 1. The number of hydrogen-bond donors (Lipinski definition) is 1. The second kappa shape index (κ2) is 9.28. The molecule has 2 rings (SSSR count). The lowest BCUT2D eigenvalue weighted by Crippen LogP contribution is -2.44. The van der Waals surface area contributed by atoms with E-state index in [1.165, 1.54) is 0 Å². The number of nitrogens with one attached hydrogen (secondary N) is 1. The third-order valence-electron chi connectivity index (χ3n) is 5.40. The van der Waals surface area contributed by atoms with E-state index in [-0.39, 0.29) is 5.78 Å². The molecule has 8 nitrogen and oxygen atoms in total. The zero-order valence-corrected chi connectivity index (χ0v) is 18.4. The lowest BCUT2D eigenvalue weighted by molar-refractivity contribution is -0.146. The second-order valence-corrected chi connectivity index (χ2v) is 8.35. The van der Waals surface area contributed by atoms with Crippen molar-refractivity contribution in [1.29, 1.82) is 0 Å². The first-order chi connectivity index (χ1) is 14.0. The highest BCUT2D eigenvalue weighted by Gasteiger charge is 2.48. The van der Waals surface area contributed by atoms with Crippen LogP contribution in [0.3, 0.4) is 0 Å². The molecule has 0 radical (unpaired) electrons. The van der Waals surface area contributed by atoms with Crippen LogP contribution < -0.4 is 5.32 Å². The van der Waals surface area contributed by atoms with Gasteiger partial charge in [-0.1, -0.05) is 19.9 Å². The monoisotopic (exact) mass is 417 g/mol. The van der Waals surface area contributed by atoms with Crippen molar-refractivity contribution in [3.63, 3.8) is 0 Å². The van der Waals surface area contributed by atoms with Crippen molar-refractivity contribution in [2.75, 3.05) is 13.2 Å². The molecule has 3 amide bonds. The minimum absolute atomic E-state index is 0.342. The minimum atomic E-state index is -1.03. The van der Waals surface area contributed by atoms with Crippen LogP contribution >= 0.6 is 0 Å². The van der Waals surface area contributed by atoms with Gasteiger partial charge in [0.1, 0.15) is 12.1 Å². The van der Waals surface area contributed by atoms with Crippen LogP contribution in [0.5, 0.6) is 0 Å². The lowest BCUT2D eigenvalue weighted by Gasteiger charge is -2.22. The molecule has 1 saturated heterocycles. The number of esters is 1. The zero-order valence-electron chi connectivity index (χ0n) is 18.4. The Balaban J connectivity index is 1.95. The molecule has 0 aliphatic carbocycles. The fourth-order valence-corrected chi connectivity index (χ4v) is 3.53. The summed E-state index contributed by atoms with van der Waals surface area (Å²) in [4.78, 5) is 50.4. The number of carbonyl (C=O) groups excluding carboxylic acids is 4. The molecule has 1 N–H and O–H groups in total. The normalized spacial score (nSPS) is 18.7. The van der Waals surface area contributed by atoms with Gasteiger partial charge in [0, 0.05) is 23.5 Å². The molecule has 2 heterocycles. The van der Waals surface area contributed by atoms with Gasteiger partial charge in [-0.25, -0.2) is 4.79 Å². The predicted octanol–water partition coefficient (Wildman–Crippen LogP) is 2.76. The molecule has 1 fully saturated rings. The maximum atomic E-state index is 12.6. The van der Waals surface area contributed by atoms with Crippen LogP contribution in [-0.4, -0.2) is 51.8 Å². The predicted molar refractivity (Wildman–Crippen MR) is 112 cm³/mol. The van der Waals surface area contributed by atoms with E-state index in [1.807, 2.05) is 32.3 Å². The maximum Gasteiger partial charge on any atom is 0.326 e. The second-order valence-electron chi connectivity index (χ2n) is 8.35. The maximum absolute atomic E-state index is 12.6. The van der Waals surface area contributed by atoms with E-state index in [0.717, 1.165) is 22.7 Å². The Morgan fingerprint density at radius 2 is 1.97 bits per heavy atom. The number of rotatable bonds is 10. The molecule has 8 heteroatoms. The number of allylic oxidation sites excluding steroid dienone is 1. The highest BCUT2D eigenvalue weighted by atomic mass is 16.5. The van der Waals surface area contributed by atoms with Gasteiger partial charge in [-0.15, -0.1) is 6.58 Å². The van der Waals surface area contributed by atoms with Gasteiger partial charge in [-0.2, -0.15) is 0 Å². The third-order valence-corrected chi connectivity index (χ3v) is 5.40. The number of hydrogen-bond acceptors (Lipinski definition) is 5. The standard InChI is InChI=1S/C22H31N3O5/c1-7-10-24-15(4)11-17(16(24)5)18(26)13-30-19(27)12-25-20(28)22(6,23-21(25)29)9-8-14(2)3/h7,11,14H,1,8-10,12-13H2,2-6H3,(H,23,29)/t22-/m1/s1. The number of ether oxygens (including phenoxy) is 1. The molecule has 0 bridgehead atoms. The first-order valence-corrected chi connectivity index (χ1v) is 10.1. The number of aromatic nitrogens is 1. The van der Waals surface area contributed by atoms with Crippen LogP contribution in [0.15, 0.2) is 18.7 Å². The molecule has 0 unspecified atom stereocenters. The molecular formula is C22H31N3O5. The molecule has 1 atom stereocenters. The molecule has 0 spiro atoms. The summed E-state index contributed by atoms with van der Waals surface area (Å²) >= 11 is 0. The summed E-state index contributed by atoms with van der Waals surface area (Å²) in [5.41, 5.74) is 1.11. The van der Waals surface area contributed by atoms with Crippen molar-refractivity contribution in [1.82, 2.24) is 14.8 Å². The van der Waals surface area contributed by atoms with Gasteiger partial charge in [0.25, 0.3) is 5.91 Å². The van der Waals surface area contributed by atoms with Crippen molar-refractivity contribution < 1.29 is 23.9 Å². The topological polar surface area (TPSA) is 97.7 Å². The van der Waals surface area contributed by atoms with E-state index in [9.17, 15) is 19.2 Å². The summed E-state index contributed by atoms with van der Waals surface area (Å²) < 4.78 is 6.99. The van der Waals surface area contributed by atoms with Crippen molar-refractivity contribution in [3.8, 4) is 0 Å². The average molecular weight is 418 g/mol. The number of imide groups is 1. The Morgan fingerprint density at radius 3 is 2.57 bits per heavy atom. The smallest absolute Gasteiger partial charge is 0.326 e. The first kappa shape index (κ1) is 23.4. The molecule has 1 aliphatic rings. The van der Waals surface area contributed by atoms with Crippen molar-refractivity contribution >= 4 is 23.7 Å². The van der Waals surface area contributed by atoms with Crippen molar-refractivity contribution in [3.05, 3.63) is 35.7 Å². The lowest BCUT2D eigenvalue weighted by atomic mass is 9.92. The fraction of sp³-hybridized carbons (Fsp3) is 0.545. The molecule has 1 aliphatic heterocycles. The molecule has 0 aromatic carbocycles. The van der Waals surface area contributed by atoms with Crippen molar-refractivity contribution in [2.45, 2.75) is 59.5 Å². The first-order valence-electron chi connectivity index (χ1n) is 10.1. The van der Waals surface area contributed by atoms with Gasteiger partial charge in [0.15, 0.2) is 6.61 Å². The fourth-order valence-electron chi connectivity index (χ4n) is 3.53. The van der Waals surface area contributed by atoms with Crippen LogP contribution in [-0.2, 0) is 20.9 Å². The summed E-state index contributed by atoms with van der Waals surface area (Å²) in [5, 5.41) is 2.66. The number of nitrogens with zero attached hydrogens (tertiary/aromatic N) is 2. The van der Waals surface area contributed by atoms with Crippen molar-refractivity contribution in [2.24, 2.45) is 5.92 Å². The van der Waals surface area contributed by atoms with Crippen LogP contribution in [0.4, 0.5) is 4.79 Å². The zero-order chi connectivity index (χ0) is 22.6. The quantitative estimate of drug-likeness (QED) is 0.273. The van der Waals surface area contributed by atoms with Gasteiger partial charge in [0.05, 0.1) is 0 Å². The number of aryl methyl sites for hydroxylation is 1. The summed E-state index contributed by atoms with van der Waals surface area (Å²) in [7, 11) is 0. The van der Waals surface area contributed by atoms with Gasteiger partial charge >= 0.3 is 12.0 Å². The minimum Gasteiger partial charge on any atom is -0.456 e. The van der Waals surface area contributed by atoms with E-state index in [2.05, 4.69) is 11.9 Å². The summed E-state index contributed by atoms with van der Waals surface area (Å²) in [6, 6.07) is 1.12. The van der Waals surface area contributed by atoms with E-state index >= 15 is 0 Å². The van der Waals surface area contributed by atoms with Crippen LogP contribution in [0.2, 0.25) is 0 Å². The molecular weight excluding hydrogens is 386 g/mol. The number of ketones is 1. The number of Topliss-reactive ketones (excluding diaryl/α,β-unsaturated/α-hetero) is 1. The molecule has 1 aromatic rings. The Kier molecular flexibility index (Phi) is 7.23. The number of amides is 3. The highest BCUT2D eigenvalue weighted by Crippen LogP contribution is 2.24. The van der Waals surface area contributed by atoms with Gasteiger partial charge < -0.3 is 14.6 Å².